The number of nitriles is 1. The fourth-order valence-electron chi connectivity index (χ4n) is 3.24. The molecule has 0 bridgehead atoms. The Hall–Kier alpha value is -3.79. The lowest BCUT2D eigenvalue weighted by atomic mass is 9.83. The molecular weight excluding hydrogens is 342 g/mol. The number of aromatic amines is 1. The molecule has 0 spiro atoms. The number of H-pyrrole nitrogens is 1. The monoisotopic (exact) mass is 359 g/mol. The Labute approximate surface area is 156 Å². The summed E-state index contributed by atoms with van der Waals surface area (Å²) in [5.74, 6) is 0.842. The normalized spacial score (nSPS) is 15.6. The van der Waals surface area contributed by atoms with Gasteiger partial charge in [-0.25, -0.2) is 0 Å². The van der Waals surface area contributed by atoms with E-state index in [0.717, 1.165) is 28.1 Å². The van der Waals surface area contributed by atoms with E-state index in [1.807, 2.05) is 43.3 Å². The van der Waals surface area contributed by atoms with Crippen molar-refractivity contribution in [3.8, 4) is 29.0 Å². The van der Waals surface area contributed by atoms with E-state index in [2.05, 4.69) is 21.3 Å². The molecule has 1 aliphatic heterocycles. The van der Waals surface area contributed by atoms with Crippen molar-refractivity contribution in [1.29, 1.82) is 5.26 Å². The molecule has 3 N–H and O–H groups in total. The van der Waals surface area contributed by atoms with Gasteiger partial charge in [0, 0.05) is 18.0 Å². The molecule has 0 fully saturated rings. The minimum absolute atomic E-state index is 0.0663. The second-order valence-electron chi connectivity index (χ2n) is 5.98. The maximum atomic E-state index is 9.68. The SMILES string of the molecule is CCOc1ccc(-c2[nH]nc3c2[C@@H](c2ccncc2)C(C#N)=C(N)O3)cc1. The number of nitrogens with two attached hydrogens (primary N) is 1. The van der Waals surface area contributed by atoms with Gasteiger partial charge in [0.25, 0.3) is 0 Å². The molecule has 1 aromatic carbocycles. The summed E-state index contributed by atoms with van der Waals surface area (Å²) in [4.78, 5) is 4.06. The molecule has 27 heavy (non-hydrogen) atoms. The van der Waals surface area contributed by atoms with Crippen molar-refractivity contribution in [3.63, 3.8) is 0 Å². The zero-order valence-corrected chi connectivity index (χ0v) is 14.6. The number of fused-ring (bicyclic) bond motifs is 1. The van der Waals surface area contributed by atoms with Crippen molar-refractivity contribution in [3.05, 3.63) is 71.4 Å². The number of allylic oxidation sites excluding steroid dienone is 1. The van der Waals surface area contributed by atoms with Crippen LogP contribution >= 0.6 is 0 Å². The lowest BCUT2D eigenvalue weighted by Gasteiger charge is -2.24. The number of pyridine rings is 1. The summed E-state index contributed by atoms with van der Waals surface area (Å²) in [6.07, 6.45) is 3.37. The maximum Gasteiger partial charge on any atom is 0.244 e. The van der Waals surface area contributed by atoms with Crippen LogP contribution in [0.15, 0.2) is 60.2 Å². The Kier molecular flexibility index (Phi) is 4.22. The van der Waals surface area contributed by atoms with Crippen LogP contribution in [0.2, 0.25) is 0 Å². The average Bonchev–Trinajstić information content (AvgIpc) is 3.11. The van der Waals surface area contributed by atoms with Gasteiger partial charge < -0.3 is 15.2 Å². The summed E-state index contributed by atoms with van der Waals surface area (Å²) in [5, 5.41) is 17.0. The Balaban J connectivity index is 1.86. The fourth-order valence-corrected chi connectivity index (χ4v) is 3.24. The Bertz CT molecular complexity index is 1030. The zero-order chi connectivity index (χ0) is 18.8. The molecule has 0 saturated heterocycles. The first-order valence-corrected chi connectivity index (χ1v) is 8.52. The van der Waals surface area contributed by atoms with E-state index in [-0.39, 0.29) is 11.8 Å². The van der Waals surface area contributed by atoms with Crippen LogP contribution in [0.5, 0.6) is 11.6 Å². The second-order valence-corrected chi connectivity index (χ2v) is 5.98. The number of benzene rings is 1. The van der Waals surface area contributed by atoms with E-state index < -0.39 is 0 Å². The molecule has 7 heteroatoms. The number of hydrogen-bond acceptors (Lipinski definition) is 6. The first-order chi connectivity index (χ1) is 13.2. The highest BCUT2D eigenvalue weighted by Gasteiger charge is 2.35. The van der Waals surface area contributed by atoms with Crippen molar-refractivity contribution in [2.75, 3.05) is 6.61 Å². The Morgan fingerprint density at radius 3 is 2.63 bits per heavy atom. The second kappa shape index (κ2) is 6.84. The molecule has 0 saturated carbocycles. The summed E-state index contributed by atoms with van der Waals surface area (Å²) in [6, 6.07) is 13.6. The van der Waals surface area contributed by atoms with E-state index in [9.17, 15) is 5.26 Å². The number of nitrogens with zero attached hydrogens (tertiary/aromatic N) is 3. The number of ether oxygens (including phenoxy) is 2. The molecule has 3 aromatic rings. The van der Waals surface area contributed by atoms with E-state index in [1.165, 1.54) is 0 Å². The van der Waals surface area contributed by atoms with E-state index in [0.29, 0.717) is 18.1 Å². The van der Waals surface area contributed by atoms with Gasteiger partial charge in [-0.2, -0.15) is 5.26 Å². The molecule has 134 valence electrons. The first-order valence-electron chi connectivity index (χ1n) is 8.52. The van der Waals surface area contributed by atoms with Gasteiger partial charge in [0.1, 0.15) is 17.4 Å². The van der Waals surface area contributed by atoms with Gasteiger partial charge >= 0.3 is 0 Å². The Morgan fingerprint density at radius 2 is 1.96 bits per heavy atom. The standard InChI is InChI=1S/C20H17N5O2/c1-2-26-14-5-3-13(4-6-14)18-17-16(12-7-9-23-10-8-12)15(11-21)19(22)27-20(17)25-24-18/h3-10,16H,2,22H2,1H3,(H,24,25)/t16-/m0/s1. The van der Waals surface area contributed by atoms with Crippen LogP contribution < -0.4 is 15.2 Å². The number of nitrogens with one attached hydrogen (secondary N) is 1. The third-order valence-corrected chi connectivity index (χ3v) is 4.43. The largest absolute Gasteiger partial charge is 0.494 e. The minimum atomic E-state index is -0.387. The number of aromatic nitrogens is 3. The van der Waals surface area contributed by atoms with Crippen LogP contribution in [0, 0.1) is 11.3 Å². The summed E-state index contributed by atoms with van der Waals surface area (Å²) in [6.45, 7) is 2.54. The van der Waals surface area contributed by atoms with Crippen LogP contribution in [0.1, 0.15) is 24.0 Å². The van der Waals surface area contributed by atoms with E-state index in [4.69, 9.17) is 15.2 Å². The van der Waals surface area contributed by atoms with Crippen molar-refractivity contribution in [2.45, 2.75) is 12.8 Å². The predicted octanol–water partition coefficient (Wildman–Crippen LogP) is 3.09. The van der Waals surface area contributed by atoms with Crippen LogP contribution in [-0.4, -0.2) is 21.8 Å². The van der Waals surface area contributed by atoms with Crippen LogP contribution in [0.25, 0.3) is 11.3 Å². The van der Waals surface area contributed by atoms with Crippen molar-refractivity contribution in [1.82, 2.24) is 15.2 Å². The molecule has 0 unspecified atom stereocenters. The summed E-state index contributed by atoms with van der Waals surface area (Å²) >= 11 is 0. The van der Waals surface area contributed by atoms with Gasteiger partial charge in [0.15, 0.2) is 0 Å². The molecule has 0 radical (unpaired) electrons. The van der Waals surface area contributed by atoms with Gasteiger partial charge in [-0.3, -0.25) is 10.1 Å². The first kappa shape index (κ1) is 16.7. The minimum Gasteiger partial charge on any atom is -0.494 e. The molecule has 0 amide bonds. The molecule has 2 aromatic heterocycles. The molecule has 0 aliphatic carbocycles. The summed E-state index contributed by atoms with van der Waals surface area (Å²) in [5.41, 5.74) is 9.68. The van der Waals surface area contributed by atoms with Crippen molar-refractivity contribution in [2.24, 2.45) is 5.73 Å². The van der Waals surface area contributed by atoms with Gasteiger partial charge in [-0.15, -0.1) is 5.10 Å². The highest BCUT2D eigenvalue weighted by Crippen LogP contribution is 2.45. The third-order valence-electron chi connectivity index (χ3n) is 4.43. The van der Waals surface area contributed by atoms with Gasteiger partial charge in [0.2, 0.25) is 11.8 Å². The van der Waals surface area contributed by atoms with Crippen LogP contribution in [0.3, 0.4) is 0 Å². The Morgan fingerprint density at radius 1 is 1.22 bits per heavy atom. The third kappa shape index (κ3) is 2.87. The summed E-state index contributed by atoms with van der Waals surface area (Å²) in [7, 11) is 0. The number of rotatable bonds is 4. The molecule has 3 heterocycles. The van der Waals surface area contributed by atoms with E-state index in [1.54, 1.807) is 12.4 Å². The maximum absolute atomic E-state index is 9.68. The van der Waals surface area contributed by atoms with Crippen LogP contribution in [0.4, 0.5) is 0 Å². The van der Waals surface area contributed by atoms with Gasteiger partial charge in [0.05, 0.1) is 23.8 Å². The zero-order valence-electron chi connectivity index (χ0n) is 14.6. The van der Waals surface area contributed by atoms with Crippen molar-refractivity contribution >= 4 is 0 Å². The number of hydrogen-bond donors (Lipinski definition) is 2. The average molecular weight is 359 g/mol. The molecule has 1 atom stereocenters. The van der Waals surface area contributed by atoms with Crippen LogP contribution in [-0.2, 0) is 0 Å². The van der Waals surface area contributed by atoms with Gasteiger partial charge in [-0.1, -0.05) is 0 Å². The highest BCUT2D eigenvalue weighted by atomic mass is 16.5. The molecule has 1 aliphatic rings. The molecule has 7 nitrogen and oxygen atoms in total. The topological polar surface area (TPSA) is 110 Å². The lowest BCUT2D eigenvalue weighted by Crippen LogP contribution is -2.21. The predicted molar refractivity (Wildman–Crippen MR) is 98.7 cm³/mol. The molecular formula is C20H17N5O2. The quantitative estimate of drug-likeness (QED) is 0.741. The smallest absolute Gasteiger partial charge is 0.244 e. The summed E-state index contributed by atoms with van der Waals surface area (Å²) < 4.78 is 11.1. The molecule has 4 rings (SSSR count). The fraction of sp³-hybridized carbons (Fsp3) is 0.150. The van der Waals surface area contributed by atoms with Crippen molar-refractivity contribution < 1.29 is 9.47 Å². The van der Waals surface area contributed by atoms with Gasteiger partial charge in [-0.05, 0) is 48.9 Å². The lowest BCUT2D eigenvalue weighted by molar-refractivity contribution is 0.340. The highest BCUT2D eigenvalue weighted by molar-refractivity contribution is 5.71. The van der Waals surface area contributed by atoms with E-state index >= 15 is 0 Å².